The van der Waals surface area contributed by atoms with Crippen molar-refractivity contribution in [2.24, 2.45) is 0 Å². The fourth-order valence-electron chi connectivity index (χ4n) is 2.81. The molecule has 1 saturated carbocycles. The average Bonchev–Trinajstić information content (AvgIpc) is 2.95. The molecular formula is C16H25N3O. The molecule has 1 aliphatic carbocycles. The van der Waals surface area contributed by atoms with Crippen molar-refractivity contribution in [3.8, 4) is 0 Å². The molecule has 0 heterocycles. The summed E-state index contributed by atoms with van der Waals surface area (Å²) in [6.45, 7) is 2.74. The summed E-state index contributed by atoms with van der Waals surface area (Å²) in [6, 6.07) is 6.27. The van der Waals surface area contributed by atoms with E-state index in [0.29, 0.717) is 18.2 Å². The predicted octanol–water partition coefficient (Wildman–Crippen LogP) is 2.78. The van der Waals surface area contributed by atoms with Gasteiger partial charge in [0.1, 0.15) is 0 Å². The maximum atomic E-state index is 12.0. The Morgan fingerprint density at radius 3 is 2.80 bits per heavy atom. The van der Waals surface area contributed by atoms with E-state index in [9.17, 15) is 4.79 Å². The molecule has 1 aromatic rings. The number of hydrogen-bond acceptors (Lipinski definition) is 3. The Hall–Kier alpha value is -1.55. The average molecular weight is 275 g/mol. The van der Waals surface area contributed by atoms with E-state index in [1.807, 2.05) is 25.1 Å². The van der Waals surface area contributed by atoms with Gasteiger partial charge in [-0.15, -0.1) is 0 Å². The lowest BCUT2D eigenvalue weighted by atomic mass is 10.1. The quantitative estimate of drug-likeness (QED) is 0.812. The largest absolute Gasteiger partial charge is 0.398 e. The Morgan fingerprint density at radius 2 is 2.10 bits per heavy atom. The lowest BCUT2D eigenvalue weighted by molar-refractivity contribution is -0.116. The van der Waals surface area contributed by atoms with E-state index < -0.39 is 0 Å². The summed E-state index contributed by atoms with van der Waals surface area (Å²) in [5, 5.41) is 2.95. The van der Waals surface area contributed by atoms with E-state index in [-0.39, 0.29) is 5.91 Å². The topological polar surface area (TPSA) is 58.4 Å². The van der Waals surface area contributed by atoms with E-state index in [2.05, 4.69) is 17.3 Å². The molecule has 0 saturated heterocycles. The van der Waals surface area contributed by atoms with Crippen molar-refractivity contribution < 1.29 is 4.79 Å². The van der Waals surface area contributed by atoms with Gasteiger partial charge in [-0.05, 0) is 44.5 Å². The zero-order valence-corrected chi connectivity index (χ0v) is 12.5. The summed E-state index contributed by atoms with van der Waals surface area (Å²) in [6.07, 6.45) is 5.72. The summed E-state index contributed by atoms with van der Waals surface area (Å²) < 4.78 is 0. The third kappa shape index (κ3) is 3.73. The Morgan fingerprint density at radius 1 is 1.40 bits per heavy atom. The Bertz CT molecular complexity index is 467. The second kappa shape index (κ2) is 6.75. The number of nitrogen functional groups attached to an aromatic ring is 1. The van der Waals surface area contributed by atoms with Gasteiger partial charge >= 0.3 is 0 Å². The summed E-state index contributed by atoms with van der Waals surface area (Å²) in [5.41, 5.74) is 8.31. The zero-order valence-electron chi connectivity index (χ0n) is 12.5. The van der Waals surface area contributed by atoms with Crippen LogP contribution in [0.25, 0.3) is 0 Å². The van der Waals surface area contributed by atoms with Crippen LogP contribution in [0.3, 0.4) is 0 Å². The van der Waals surface area contributed by atoms with E-state index >= 15 is 0 Å². The molecule has 0 aliphatic heterocycles. The van der Waals surface area contributed by atoms with Crippen LogP contribution in [-0.4, -0.2) is 30.4 Å². The molecule has 2 rings (SSSR count). The maximum absolute atomic E-state index is 12.0. The van der Waals surface area contributed by atoms with Crippen molar-refractivity contribution in [1.29, 1.82) is 0 Å². The van der Waals surface area contributed by atoms with Crippen LogP contribution in [0.15, 0.2) is 18.2 Å². The fourth-order valence-corrected chi connectivity index (χ4v) is 2.81. The third-order valence-electron chi connectivity index (χ3n) is 4.29. The van der Waals surface area contributed by atoms with Crippen molar-refractivity contribution in [3.63, 3.8) is 0 Å². The molecule has 1 aliphatic rings. The van der Waals surface area contributed by atoms with Crippen LogP contribution in [0, 0.1) is 6.92 Å². The minimum absolute atomic E-state index is 0.0588. The minimum Gasteiger partial charge on any atom is -0.398 e. The van der Waals surface area contributed by atoms with Gasteiger partial charge in [-0.1, -0.05) is 18.9 Å². The van der Waals surface area contributed by atoms with Crippen LogP contribution >= 0.6 is 0 Å². The standard InChI is InChI=1S/C16H25N3O/c1-12-14(17)8-5-9-15(12)18-16(20)10-11-19(2)13-6-3-4-7-13/h5,8-9,13H,3-4,6-7,10-11,17H2,1-2H3,(H,18,20). The summed E-state index contributed by atoms with van der Waals surface area (Å²) in [7, 11) is 2.12. The van der Waals surface area contributed by atoms with Crippen LogP contribution in [0.5, 0.6) is 0 Å². The Labute approximate surface area is 121 Å². The molecule has 0 bridgehead atoms. The molecule has 0 atom stereocenters. The second-order valence-electron chi connectivity index (χ2n) is 5.74. The van der Waals surface area contributed by atoms with Crippen LogP contribution < -0.4 is 11.1 Å². The molecule has 0 radical (unpaired) electrons. The van der Waals surface area contributed by atoms with Crippen LogP contribution in [0.4, 0.5) is 11.4 Å². The number of amides is 1. The van der Waals surface area contributed by atoms with Crippen LogP contribution in [-0.2, 0) is 4.79 Å². The van der Waals surface area contributed by atoms with Crippen LogP contribution in [0.1, 0.15) is 37.7 Å². The van der Waals surface area contributed by atoms with E-state index in [0.717, 1.165) is 17.8 Å². The highest BCUT2D eigenvalue weighted by Gasteiger charge is 2.19. The van der Waals surface area contributed by atoms with E-state index in [1.54, 1.807) is 0 Å². The number of carbonyl (C=O) groups excluding carboxylic acids is 1. The second-order valence-corrected chi connectivity index (χ2v) is 5.74. The van der Waals surface area contributed by atoms with Gasteiger partial charge in [0, 0.05) is 30.4 Å². The molecule has 4 heteroatoms. The lowest BCUT2D eigenvalue weighted by Crippen LogP contribution is -2.32. The zero-order chi connectivity index (χ0) is 14.5. The predicted molar refractivity (Wildman–Crippen MR) is 83.7 cm³/mol. The number of carbonyl (C=O) groups is 1. The fraction of sp³-hybridized carbons (Fsp3) is 0.562. The van der Waals surface area contributed by atoms with Crippen molar-refractivity contribution in [1.82, 2.24) is 4.90 Å². The molecule has 1 fully saturated rings. The smallest absolute Gasteiger partial charge is 0.225 e. The van der Waals surface area contributed by atoms with Gasteiger partial charge < -0.3 is 16.0 Å². The van der Waals surface area contributed by atoms with E-state index in [1.165, 1.54) is 25.7 Å². The molecule has 20 heavy (non-hydrogen) atoms. The highest BCUT2D eigenvalue weighted by Crippen LogP contribution is 2.23. The van der Waals surface area contributed by atoms with Gasteiger partial charge in [0.2, 0.25) is 5.91 Å². The van der Waals surface area contributed by atoms with Gasteiger partial charge in [-0.3, -0.25) is 4.79 Å². The monoisotopic (exact) mass is 275 g/mol. The summed E-state index contributed by atoms with van der Waals surface area (Å²) in [5.74, 6) is 0.0588. The summed E-state index contributed by atoms with van der Waals surface area (Å²) in [4.78, 5) is 14.3. The molecule has 110 valence electrons. The first kappa shape index (κ1) is 14.9. The Balaban J connectivity index is 1.81. The van der Waals surface area contributed by atoms with Crippen molar-refractivity contribution in [2.75, 3.05) is 24.6 Å². The first-order valence-corrected chi connectivity index (χ1v) is 7.43. The Kier molecular flexibility index (Phi) is 5.01. The molecule has 0 spiro atoms. The van der Waals surface area contributed by atoms with Crippen molar-refractivity contribution in [2.45, 2.75) is 45.1 Å². The first-order valence-electron chi connectivity index (χ1n) is 7.43. The minimum atomic E-state index is 0.0588. The normalized spacial score (nSPS) is 15.8. The molecule has 1 aromatic carbocycles. The number of hydrogen-bond donors (Lipinski definition) is 2. The summed E-state index contributed by atoms with van der Waals surface area (Å²) >= 11 is 0. The first-order chi connectivity index (χ1) is 9.58. The van der Waals surface area contributed by atoms with Gasteiger partial charge in [0.15, 0.2) is 0 Å². The molecule has 0 unspecified atom stereocenters. The number of anilines is 2. The lowest BCUT2D eigenvalue weighted by Gasteiger charge is -2.23. The number of rotatable bonds is 5. The number of nitrogens with two attached hydrogens (primary N) is 1. The number of nitrogens with one attached hydrogen (secondary N) is 1. The molecule has 4 nitrogen and oxygen atoms in total. The van der Waals surface area contributed by atoms with Gasteiger partial charge in [0.05, 0.1) is 0 Å². The number of nitrogens with zero attached hydrogens (tertiary/aromatic N) is 1. The van der Waals surface area contributed by atoms with Gasteiger partial charge in [0.25, 0.3) is 0 Å². The van der Waals surface area contributed by atoms with Crippen molar-refractivity contribution >= 4 is 17.3 Å². The van der Waals surface area contributed by atoms with Gasteiger partial charge in [-0.25, -0.2) is 0 Å². The molecule has 0 aromatic heterocycles. The highest BCUT2D eigenvalue weighted by atomic mass is 16.1. The SMILES string of the molecule is Cc1c(N)cccc1NC(=O)CCN(C)C1CCCC1. The molecular weight excluding hydrogens is 250 g/mol. The van der Waals surface area contributed by atoms with Crippen LogP contribution in [0.2, 0.25) is 0 Å². The molecule has 1 amide bonds. The van der Waals surface area contributed by atoms with Crippen molar-refractivity contribution in [3.05, 3.63) is 23.8 Å². The highest BCUT2D eigenvalue weighted by molar-refractivity contribution is 5.92. The maximum Gasteiger partial charge on any atom is 0.225 e. The van der Waals surface area contributed by atoms with Gasteiger partial charge in [-0.2, -0.15) is 0 Å². The third-order valence-corrected chi connectivity index (χ3v) is 4.29. The number of benzene rings is 1. The van der Waals surface area contributed by atoms with E-state index in [4.69, 9.17) is 5.73 Å². The molecule has 3 N–H and O–H groups in total.